The van der Waals surface area contributed by atoms with Gasteiger partial charge < -0.3 is 15.3 Å². The smallest absolute Gasteiger partial charge is 0.326 e. The van der Waals surface area contributed by atoms with Gasteiger partial charge in [-0.1, -0.05) is 13.8 Å². The molecule has 0 aromatic heterocycles. The average Bonchev–Trinajstić information content (AvgIpc) is 2.34. The summed E-state index contributed by atoms with van der Waals surface area (Å²) < 4.78 is 0. The molecule has 1 heterocycles. The second-order valence-corrected chi connectivity index (χ2v) is 4.59. The molecule has 2 atom stereocenters. The molecule has 98 valence electrons. The van der Waals surface area contributed by atoms with E-state index in [9.17, 15) is 9.59 Å². The fraction of sp³-hybridized carbons (Fsp3) is 0.833. The number of nitrogens with one attached hydrogen (secondary N) is 1. The number of amides is 1. The van der Waals surface area contributed by atoms with E-state index in [2.05, 4.69) is 5.32 Å². The number of piperidine rings is 1. The largest absolute Gasteiger partial charge is 0.480 e. The molecule has 1 rings (SSSR count). The summed E-state index contributed by atoms with van der Waals surface area (Å²) in [6, 6.07) is -0.625. The van der Waals surface area contributed by atoms with Crippen LogP contribution in [0, 0.1) is 5.92 Å². The van der Waals surface area contributed by atoms with Crippen molar-refractivity contribution in [1.29, 1.82) is 0 Å². The van der Waals surface area contributed by atoms with E-state index in [1.54, 1.807) is 0 Å². The van der Waals surface area contributed by atoms with Crippen LogP contribution in [-0.4, -0.2) is 47.6 Å². The van der Waals surface area contributed by atoms with Crippen LogP contribution in [0.3, 0.4) is 0 Å². The lowest BCUT2D eigenvalue weighted by Crippen LogP contribution is -2.50. The lowest BCUT2D eigenvalue weighted by molar-refractivity contribution is -0.153. The van der Waals surface area contributed by atoms with Gasteiger partial charge in [0.1, 0.15) is 6.04 Å². The maximum atomic E-state index is 12.1. The fourth-order valence-corrected chi connectivity index (χ4v) is 2.18. The van der Waals surface area contributed by atoms with Gasteiger partial charge in [-0.3, -0.25) is 4.79 Å². The van der Waals surface area contributed by atoms with E-state index in [0.717, 1.165) is 19.4 Å². The topological polar surface area (TPSA) is 69.6 Å². The standard InChI is InChI=1S/C12H22N2O3/c1-3-13-8-9(2)11(15)14-7-5-4-6-10(14)12(16)17/h9-10,13H,3-8H2,1-2H3,(H,16,17)/t9?,10-/m1/s1. The van der Waals surface area contributed by atoms with Crippen molar-refractivity contribution in [3.63, 3.8) is 0 Å². The van der Waals surface area contributed by atoms with Crippen molar-refractivity contribution < 1.29 is 14.7 Å². The van der Waals surface area contributed by atoms with Crippen LogP contribution < -0.4 is 5.32 Å². The molecule has 0 aromatic carbocycles. The number of hydrogen-bond acceptors (Lipinski definition) is 3. The normalized spacial score (nSPS) is 22.2. The van der Waals surface area contributed by atoms with E-state index in [-0.39, 0.29) is 11.8 Å². The van der Waals surface area contributed by atoms with Crippen LogP contribution in [-0.2, 0) is 9.59 Å². The molecule has 5 nitrogen and oxygen atoms in total. The highest BCUT2D eigenvalue weighted by molar-refractivity contribution is 5.85. The lowest BCUT2D eigenvalue weighted by Gasteiger charge is -2.34. The molecule has 0 radical (unpaired) electrons. The van der Waals surface area contributed by atoms with Crippen LogP contribution in [0.15, 0.2) is 0 Å². The minimum Gasteiger partial charge on any atom is -0.480 e. The Balaban J connectivity index is 2.61. The lowest BCUT2D eigenvalue weighted by atomic mass is 9.99. The average molecular weight is 242 g/mol. The number of nitrogens with zero attached hydrogens (tertiary/aromatic N) is 1. The Morgan fingerprint density at radius 1 is 1.47 bits per heavy atom. The number of carboxylic acid groups (broad SMARTS) is 1. The van der Waals surface area contributed by atoms with E-state index < -0.39 is 12.0 Å². The van der Waals surface area contributed by atoms with Crippen LogP contribution in [0.2, 0.25) is 0 Å². The third-order valence-electron chi connectivity index (χ3n) is 3.19. The van der Waals surface area contributed by atoms with Crippen molar-refractivity contribution in [3.8, 4) is 0 Å². The highest BCUT2D eigenvalue weighted by atomic mass is 16.4. The quantitative estimate of drug-likeness (QED) is 0.744. The zero-order valence-electron chi connectivity index (χ0n) is 10.6. The SMILES string of the molecule is CCNCC(C)C(=O)N1CCCC[C@@H]1C(=O)O. The molecule has 1 aliphatic heterocycles. The van der Waals surface area contributed by atoms with E-state index in [4.69, 9.17) is 5.11 Å². The monoisotopic (exact) mass is 242 g/mol. The van der Waals surface area contributed by atoms with Crippen molar-refractivity contribution in [2.24, 2.45) is 5.92 Å². The summed E-state index contributed by atoms with van der Waals surface area (Å²) in [7, 11) is 0. The molecule has 17 heavy (non-hydrogen) atoms. The molecule has 1 saturated heterocycles. The first kappa shape index (κ1) is 14.0. The minimum atomic E-state index is -0.881. The molecule has 0 bridgehead atoms. The van der Waals surface area contributed by atoms with Gasteiger partial charge in [-0.05, 0) is 25.8 Å². The predicted molar refractivity (Wildman–Crippen MR) is 64.7 cm³/mol. The van der Waals surface area contributed by atoms with Gasteiger partial charge in [0.15, 0.2) is 0 Å². The summed E-state index contributed by atoms with van der Waals surface area (Å²) in [6.07, 6.45) is 2.38. The molecule has 0 spiro atoms. The molecule has 0 aliphatic carbocycles. The number of aliphatic carboxylic acids is 1. The molecule has 0 saturated carbocycles. The van der Waals surface area contributed by atoms with Gasteiger partial charge in [-0.2, -0.15) is 0 Å². The van der Waals surface area contributed by atoms with Crippen molar-refractivity contribution in [2.45, 2.75) is 39.2 Å². The van der Waals surface area contributed by atoms with Crippen LogP contribution in [0.4, 0.5) is 0 Å². The zero-order valence-corrected chi connectivity index (χ0v) is 10.6. The van der Waals surface area contributed by atoms with Gasteiger partial charge in [0.25, 0.3) is 0 Å². The number of carbonyl (C=O) groups excluding carboxylic acids is 1. The highest BCUT2D eigenvalue weighted by Gasteiger charge is 2.33. The van der Waals surface area contributed by atoms with Crippen LogP contribution in [0.25, 0.3) is 0 Å². The zero-order chi connectivity index (χ0) is 12.8. The van der Waals surface area contributed by atoms with Crippen molar-refractivity contribution in [2.75, 3.05) is 19.6 Å². The van der Waals surface area contributed by atoms with Crippen LogP contribution in [0.5, 0.6) is 0 Å². The summed E-state index contributed by atoms with van der Waals surface area (Å²) in [5.41, 5.74) is 0. The van der Waals surface area contributed by atoms with E-state index in [1.165, 1.54) is 4.90 Å². The second-order valence-electron chi connectivity index (χ2n) is 4.59. The number of likely N-dealkylation sites (tertiary alicyclic amines) is 1. The summed E-state index contributed by atoms with van der Waals surface area (Å²) >= 11 is 0. The Hall–Kier alpha value is -1.10. The minimum absolute atomic E-state index is 0.0435. The Morgan fingerprint density at radius 2 is 2.18 bits per heavy atom. The van der Waals surface area contributed by atoms with Crippen LogP contribution in [0.1, 0.15) is 33.1 Å². The van der Waals surface area contributed by atoms with E-state index in [1.807, 2.05) is 13.8 Å². The first-order chi connectivity index (χ1) is 8.07. The third-order valence-corrected chi connectivity index (χ3v) is 3.19. The first-order valence-electron chi connectivity index (χ1n) is 6.32. The summed E-state index contributed by atoms with van der Waals surface area (Å²) in [5.74, 6) is -1.08. The molecule has 0 aromatic rings. The Bertz CT molecular complexity index is 281. The van der Waals surface area contributed by atoms with Gasteiger partial charge in [-0.25, -0.2) is 4.79 Å². The van der Waals surface area contributed by atoms with E-state index >= 15 is 0 Å². The van der Waals surface area contributed by atoms with Gasteiger partial charge >= 0.3 is 5.97 Å². The molecule has 1 amide bonds. The Labute approximate surface area is 102 Å². The van der Waals surface area contributed by atoms with Crippen molar-refractivity contribution in [3.05, 3.63) is 0 Å². The second kappa shape index (κ2) is 6.59. The third kappa shape index (κ3) is 3.70. The Kier molecular flexibility index (Phi) is 5.41. The number of carboxylic acids is 1. The van der Waals surface area contributed by atoms with Crippen molar-refractivity contribution >= 4 is 11.9 Å². The van der Waals surface area contributed by atoms with Crippen molar-refractivity contribution in [1.82, 2.24) is 10.2 Å². The van der Waals surface area contributed by atoms with Crippen LogP contribution >= 0.6 is 0 Å². The number of rotatable bonds is 5. The van der Waals surface area contributed by atoms with Gasteiger partial charge in [0.2, 0.25) is 5.91 Å². The molecule has 1 fully saturated rings. The predicted octanol–water partition coefficient (Wildman–Crippen LogP) is 0.698. The summed E-state index contributed by atoms with van der Waals surface area (Å²) in [6.45, 7) is 5.83. The molecule has 2 N–H and O–H groups in total. The van der Waals surface area contributed by atoms with Gasteiger partial charge in [0.05, 0.1) is 0 Å². The van der Waals surface area contributed by atoms with Gasteiger partial charge in [0, 0.05) is 19.0 Å². The van der Waals surface area contributed by atoms with Gasteiger partial charge in [-0.15, -0.1) is 0 Å². The maximum Gasteiger partial charge on any atom is 0.326 e. The molecule has 1 unspecified atom stereocenters. The first-order valence-corrected chi connectivity index (χ1v) is 6.32. The fourth-order valence-electron chi connectivity index (χ4n) is 2.18. The summed E-state index contributed by atoms with van der Waals surface area (Å²) in [5, 5.41) is 12.2. The molecule has 1 aliphatic rings. The number of carbonyl (C=O) groups is 2. The molecular weight excluding hydrogens is 220 g/mol. The molecular formula is C12H22N2O3. The maximum absolute atomic E-state index is 12.1. The van der Waals surface area contributed by atoms with E-state index in [0.29, 0.717) is 19.5 Å². The molecule has 5 heteroatoms. The highest BCUT2D eigenvalue weighted by Crippen LogP contribution is 2.19. The number of hydrogen-bond donors (Lipinski definition) is 2. The Morgan fingerprint density at radius 3 is 2.76 bits per heavy atom. The summed E-state index contributed by atoms with van der Waals surface area (Å²) in [4.78, 5) is 24.8.